The molecule has 0 aliphatic heterocycles. The monoisotopic (exact) mass is 482 g/mol. The van der Waals surface area contributed by atoms with Crippen LogP contribution in [0.25, 0.3) is 0 Å². The Bertz CT molecular complexity index is 520. The van der Waals surface area contributed by atoms with Crippen LogP contribution in [0.3, 0.4) is 0 Å². The molecule has 0 spiro atoms. The van der Waals surface area contributed by atoms with Crippen molar-refractivity contribution in [1.82, 2.24) is 10.6 Å². The van der Waals surface area contributed by atoms with Crippen molar-refractivity contribution < 1.29 is 4.79 Å². The molecular weight excluding hydrogens is 459 g/mol. The Labute approximate surface area is 157 Å². The van der Waals surface area contributed by atoms with Gasteiger partial charge < -0.3 is 16.0 Å². The average Bonchev–Trinajstić information content (AvgIpc) is 2.43. The van der Waals surface area contributed by atoms with Crippen molar-refractivity contribution in [2.75, 3.05) is 25.5 Å². The first-order valence-electron chi connectivity index (χ1n) is 6.93. The van der Waals surface area contributed by atoms with E-state index in [1.807, 2.05) is 25.1 Å². The third kappa shape index (κ3) is 7.98. The lowest BCUT2D eigenvalue weighted by atomic mass is 10.2. The zero-order valence-corrected chi connectivity index (χ0v) is 17.3. The molecule has 0 heterocycles. The summed E-state index contributed by atoms with van der Waals surface area (Å²) in [5.74, 6) is 1.04. The molecule has 3 N–H and O–H groups in total. The fourth-order valence-corrected chi connectivity index (χ4v) is 1.97. The van der Waals surface area contributed by atoms with Crippen LogP contribution in [0.15, 0.2) is 27.7 Å². The van der Waals surface area contributed by atoms with Gasteiger partial charge in [-0.25, -0.2) is 0 Å². The van der Waals surface area contributed by atoms with Gasteiger partial charge >= 0.3 is 0 Å². The molecule has 0 atom stereocenters. The van der Waals surface area contributed by atoms with E-state index in [1.54, 1.807) is 7.05 Å². The second-order valence-corrected chi connectivity index (χ2v) is 6.12. The van der Waals surface area contributed by atoms with Gasteiger partial charge in [-0.3, -0.25) is 9.79 Å². The summed E-state index contributed by atoms with van der Waals surface area (Å²) in [5.41, 5.74) is 1.83. The number of carbonyl (C=O) groups excluding carboxylic acids is 1. The molecule has 7 heteroatoms. The molecule has 1 amide bonds. The lowest BCUT2D eigenvalue weighted by molar-refractivity contribution is -0.115. The Balaban J connectivity index is 0.00000441. The van der Waals surface area contributed by atoms with Gasteiger partial charge in [-0.05, 0) is 30.5 Å². The van der Waals surface area contributed by atoms with Gasteiger partial charge in [0, 0.05) is 23.8 Å². The maximum absolute atomic E-state index is 12.0. The van der Waals surface area contributed by atoms with Crippen LogP contribution in [0.5, 0.6) is 0 Å². The summed E-state index contributed by atoms with van der Waals surface area (Å²) in [5, 5.41) is 9.04. The second kappa shape index (κ2) is 10.8. The summed E-state index contributed by atoms with van der Waals surface area (Å²) in [4.78, 5) is 16.0. The number of aliphatic imine (C=N–C) groups is 1. The third-order valence-corrected chi connectivity index (χ3v) is 3.28. The van der Waals surface area contributed by atoms with Crippen molar-refractivity contribution in [3.8, 4) is 0 Å². The van der Waals surface area contributed by atoms with Crippen molar-refractivity contribution in [3.63, 3.8) is 0 Å². The van der Waals surface area contributed by atoms with Gasteiger partial charge in [-0.15, -0.1) is 24.0 Å². The molecule has 1 rings (SSSR count). The van der Waals surface area contributed by atoms with Gasteiger partial charge in [-0.2, -0.15) is 0 Å². The number of rotatable bonds is 5. The average molecular weight is 483 g/mol. The Morgan fingerprint density at radius 1 is 1.32 bits per heavy atom. The number of nitrogens with zero attached hydrogens (tertiary/aromatic N) is 1. The number of halogens is 2. The predicted molar refractivity (Wildman–Crippen MR) is 107 cm³/mol. The van der Waals surface area contributed by atoms with Crippen LogP contribution in [0.2, 0.25) is 0 Å². The smallest absolute Gasteiger partial charge is 0.243 e. The number of amides is 1. The van der Waals surface area contributed by atoms with Gasteiger partial charge in [0.1, 0.15) is 0 Å². The van der Waals surface area contributed by atoms with Crippen LogP contribution in [-0.4, -0.2) is 32.0 Å². The topological polar surface area (TPSA) is 65.5 Å². The fourth-order valence-electron chi connectivity index (χ4n) is 1.61. The van der Waals surface area contributed by atoms with Crippen LogP contribution in [0, 0.1) is 12.8 Å². The standard InChI is InChI=1S/C15H23BrN4O.HI/c1-10(2)8-18-15(17-4)19-9-14(21)20-13-7-12(16)6-5-11(13)3;/h5-7,10H,8-9H2,1-4H3,(H,20,21)(H2,17,18,19);1H. The van der Waals surface area contributed by atoms with E-state index >= 15 is 0 Å². The Kier molecular flexibility index (Phi) is 10.4. The van der Waals surface area contributed by atoms with Gasteiger partial charge in [-0.1, -0.05) is 35.8 Å². The number of benzene rings is 1. The largest absolute Gasteiger partial charge is 0.356 e. The van der Waals surface area contributed by atoms with Crippen molar-refractivity contribution in [2.24, 2.45) is 10.9 Å². The van der Waals surface area contributed by atoms with Crippen LogP contribution in [0.1, 0.15) is 19.4 Å². The molecule has 124 valence electrons. The van der Waals surface area contributed by atoms with Gasteiger partial charge in [0.15, 0.2) is 5.96 Å². The molecule has 22 heavy (non-hydrogen) atoms. The zero-order valence-electron chi connectivity index (χ0n) is 13.4. The number of hydrogen-bond donors (Lipinski definition) is 3. The van der Waals surface area contributed by atoms with Crippen LogP contribution in [-0.2, 0) is 4.79 Å². The molecule has 0 bridgehead atoms. The molecule has 0 fully saturated rings. The summed E-state index contributed by atoms with van der Waals surface area (Å²) in [7, 11) is 1.69. The number of aryl methyl sites for hydroxylation is 1. The molecule has 0 aliphatic carbocycles. The van der Waals surface area contributed by atoms with E-state index in [0.29, 0.717) is 11.9 Å². The molecule has 5 nitrogen and oxygen atoms in total. The minimum atomic E-state index is -0.108. The van der Waals surface area contributed by atoms with Crippen LogP contribution < -0.4 is 16.0 Å². The number of carbonyl (C=O) groups is 1. The molecule has 0 radical (unpaired) electrons. The van der Waals surface area contributed by atoms with Gasteiger partial charge in [0.25, 0.3) is 0 Å². The Morgan fingerprint density at radius 2 is 2.00 bits per heavy atom. The number of guanidine groups is 1. The van der Waals surface area contributed by atoms with Crippen molar-refractivity contribution >= 4 is 57.5 Å². The van der Waals surface area contributed by atoms with E-state index < -0.39 is 0 Å². The van der Waals surface area contributed by atoms with Crippen LogP contribution in [0.4, 0.5) is 5.69 Å². The lowest BCUT2D eigenvalue weighted by Crippen LogP contribution is -2.42. The normalized spacial score (nSPS) is 10.9. The first kappa shape index (κ1) is 21.2. The van der Waals surface area contributed by atoms with E-state index in [0.717, 1.165) is 22.3 Å². The van der Waals surface area contributed by atoms with Crippen LogP contribution >= 0.6 is 39.9 Å². The molecule has 0 aromatic heterocycles. The maximum Gasteiger partial charge on any atom is 0.243 e. The summed E-state index contributed by atoms with van der Waals surface area (Å²) in [6, 6.07) is 5.79. The molecule has 1 aromatic carbocycles. The molecule has 0 unspecified atom stereocenters. The quantitative estimate of drug-likeness (QED) is 0.343. The minimum Gasteiger partial charge on any atom is -0.356 e. The summed E-state index contributed by atoms with van der Waals surface area (Å²) < 4.78 is 0.936. The van der Waals surface area contributed by atoms with Gasteiger partial charge in [0.2, 0.25) is 5.91 Å². The summed E-state index contributed by atoms with van der Waals surface area (Å²) >= 11 is 3.40. The highest BCUT2D eigenvalue weighted by molar-refractivity contribution is 14.0. The van der Waals surface area contributed by atoms with E-state index in [2.05, 4.69) is 50.7 Å². The first-order chi connectivity index (χ1) is 9.92. The van der Waals surface area contributed by atoms with Crippen molar-refractivity contribution in [1.29, 1.82) is 0 Å². The predicted octanol–water partition coefficient (Wildman–Crippen LogP) is 3.14. The van der Waals surface area contributed by atoms with E-state index in [1.165, 1.54) is 0 Å². The summed E-state index contributed by atoms with van der Waals surface area (Å²) in [6.07, 6.45) is 0. The highest BCUT2D eigenvalue weighted by atomic mass is 127. The summed E-state index contributed by atoms with van der Waals surface area (Å²) in [6.45, 7) is 7.17. The molecular formula is C15H24BrIN4O. The SMILES string of the molecule is CN=C(NCC(=O)Nc1cc(Br)ccc1C)NCC(C)C.I. The van der Waals surface area contributed by atoms with E-state index in [9.17, 15) is 4.79 Å². The molecule has 0 aliphatic rings. The second-order valence-electron chi connectivity index (χ2n) is 5.21. The van der Waals surface area contributed by atoms with E-state index in [4.69, 9.17) is 0 Å². The lowest BCUT2D eigenvalue weighted by Gasteiger charge is -2.14. The fraction of sp³-hybridized carbons (Fsp3) is 0.467. The number of anilines is 1. The highest BCUT2D eigenvalue weighted by Gasteiger charge is 2.07. The minimum absolute atomic E-state index is 0. The Morgan fingerprint density at radius 3 is 2.59 bits per heavy atom. The van der Waals surface area contributed by atoms with Crippen molar-refractivity contribution in [3.05, 3.63) is 28.2 Å². The van der Waals surface area contributed by atoms with Gasteiger partial charge in [0.05, 0.1) is 6.54 Å². The third-order valence-electron chi connectivity index (χ3n) is 2.79. The van der Waals surface area contributed by atoms with E-state index in [-0.39, 0.29) is 36.4 Å². The molecule has 0 saturated carbocycles. The zero-order chi connectivity index (χ0) is 15.8. The molecule has 0 saturated heterocycles. The number of nitrogens with one attached hydrogen (secondary N) is 3. The van der Waals surface area contributed by atoms with Crippen molar-refractivity contribution in [2.45, 2.75) is 20.8 Å². The Hall–Kier alpha value is -0.830. The maximum atomic E-state index is 12.0. The highest BCUT2D eigenvalue weighted by Crippen LogP contribution is 2.20. The first-order valence-corrected chi connectivity index (χ1v) is 7.72. The number of hydrogen-bond acceptors (Lipinski definition) is 2. The molecule has 1 aromatic rings.